The lowest BCUT2D eigenvalue weighted by Crippen LogP contribution is -2.40. The predicted octanol–water partition coefficient (Wildman–Crippen LogP) is 5.36. The minimum absolute atomic E-state index is 0.0577. The maximum Gasteiger partial charge on any atom is 0.433 e. The fourth-order valence-corrected chi connectivity index (χ4v) is 6.06. The number of alkyl halides is 4. The van der Waals surface area contributed by atoms with Gasteiger partial charge in [-0.25, -0.2) is 26.6 Å². The van der Waals surface area contributed by atoms with Crippen molar-refractivity contribution in [2.45, 2.75) is 42.5 Å². The smallest absolute Gasteiger partial charge is 0.433 e. The van der Waals surface area contributed by atoms with Gasteiger partial charge in [0.1, 0.15) is 23.5 Å². The lowest BCUT2D eigenvalue weighted by molar-refractivity contribution is -0.141. The maximum atomic E-state index is 14.4. The first-order valence-electron chi connectivity index (χ1n) is 11.7. The van der Waals surface area contributed by atoms with Crippen LogP contribution in [-0.2, 0) is 27.4 Å². The molecule has 39 heavy (non-hydrogen) atoms. The predicted molar refractivity (Wildman–Crippen MR) is 128 cm³/mol. The highest BCUT2D eigenvalue weighted by molar-refractivity contribution is 7.89. The van der Waals surface area contributed by atoms with E-state index < -0.39 is 58.1 Å². The number of nitrogens with zero attached hydrogens (tertiary/aromatic N) is 2. The Labute approximate surface area is 220 Å². The summed E-state index contributed by atoms with van der Waals surface area (Å²) >= 11 is 0. The van der Waals surface area contributed by atoms with Gasteiger partial charge in [0.05, 0.1) is 18.0 Å². The third-order valence-corrected chi connectivity index (χ3v) is 8.16. The molecule has 0 bridgehead atoms. The van der Waals surface area contributed by atoms with Gasteiger partial charge in [-0.05, 0) is 66.1 Å². The van der Waals surface area contributed by atoms with Crippen molar-refractivity contribution in [1.82, 2.24) is 9.29 Å². The van der Waals surface area contributed by atoms with Crippen molar-refractivity contribution < 1.29 is 44.3 Å². The number of ketones is 1. The largest absolute Gasteiger partial charge is 0.481 e. The van der Waals surface area contributed by atoms with Crippen LogP contribution in [0.1, 0.15) is 24.1 Å². The van der Waals surface area contributed by atoms with E-state index in [9.17, 15) is 39.6 Å². The van der Waals surface area contributed by atoms with Crippen molar-refractivity contribution in [3.8, 4) is 17.0 Å². The molecule has 4 rings (SSSR count). The molecule has 6 nitrogen and oxygen atoms in total. The van der Waals surface area contributed by atoms with Gasteiger partial charge in [-0.3, -0.25) is 4.79 Å². The number of aryl methyl sites for hydroxylation is 1. The molecule has 0 spiro atoms. The zero-order chi connectivity index (χ0) is 28.5. The van der Waals surface area contributed by atoms with Crippen molar-refractivity contribution in [2.75, 3.05) is 13.7 Å². The third-order valence-electron chi connectivity index (χ3n) is 6.27. The van der Waals surface area contributed by atoms with Crippen LogP contribution in [0, 0.1) is 11.6 Å². The molecule has 0 N–H and O–H groups in total. The first kappa shape index (κ1) is 28.6. The second-order valence-electron chi connectivity index (χ2n) is 8.94. The molecule has 1 aliphatic heterocycles. The SMILES string of the molecule is COc1nc(C(F)(F)F)ccc1-c1cc(F)cc(CCC(=O)[C@@H]2C[C@@H](F)CN2S(=O)(=O)c2ccc(F)cc2)c1. The first-order chi connectivity index (χ1) is 18.3. The summed E-state index contributed by atoms with van der Waals surface area (Å²) in [7, 11) is -3.17. The molecule has 0 aliphatic carbocycles. The Kier molecular flexibility index (Phi) is 8.03. The van der Waals surface area contributed by atoms with Crippen LogP contribution in [0.2, 0.25) is 0 Å². The molecule has 3 aromatic rings. The molecule has 1 saturated heterocycles. The molecular formula is C26H22F6N2O4S. The van der Waals surface area contributed by atoms with Gasteiger partial charge >= 0.3 is 6.18 Å². The number of carbonyl (C=O) groups excluding carboxylic acids is 1. The summed E-state index contributed by atoms with van der Waals surface area (Å²) in [6.07, 6.45) is -6.98. The quantitative estimate of drug-likeness (QED) is 0.340. The fraction of sp³-hybridized carbons (Fsp3) is 0.308. The van der Waals surface area contributed by atoms with Gasteiger partial charge in [0.25, 0.3) is 0 Å². The van der Waals surface area contributed by atoms with Gasteiger partial charge in [-0.1, -0.05) is 6.07 Å². The molecule has 13 heteroatoms. The Balaban J connectivity index is 1.54. The van der Waals surface area contributed by atoms with Crippen LogP contribution in [0.5, 0.6) is 5.88 Å². The van der Waals surface area contributed by atoms with Crippen LogP contribution in [0.4, 0.5) is 26.3 Å². The number of pyridine rings is 1. The van der Waals surface area contributed by atoms with Crippen molar-refractivity contribution >= 4 is 15.8 Å². The third kappa shape index (κ3) is 6.25. The first-order valence-corrected chi connectivity index (χ1v) is 13.1. The summed E-state index contributed by atoms with van der Waals surface area (Å²) < 4.78 is 113. The molecule has 2 atom stereocenters. The second-order valence-corrected chi connectivity index (χ2v) is 10.8. The lowest BCUT2D eigenvalue weighted by atomic mass is 9.98. The van der Waals surface area contributed by atoms with E-state index in [4.69, 9.17) is 4.74 Å². The summed E-state index contributed by atoms with van der Waals surface area (Å²) in [6, 6.07) is 8.09. The molecular weight excluding hydrogens is 550 g/mol. The van der Waals surface area contributed by atoms with Crippen molar-refractivity contribution in [1.29, 1.82) is 0 Å². The van der Waals surface area contributed by atoms with Crippen LogP contribution < -0.4 is 4.74 Å². The maximum absolute atomic E-state index is 14.4. The van der Waals surface area contributed by atoms with Crippen LogP contribution in [0.25, 0.3) is 11.1 Å². The lowest BCUT2D eigenvalue weighted by Gasteiger charge is -2.23. The van der Waals surface area contributed by atoms with E-state index >= 15 is 0 Å². The number of halogens is 6. The number of Topliss-reactive ketones (excluding diaryl/α,β-unsaturated/α-hetero) is 1. The summed E-state index contributed by atoms with van der Waals surface area (Å²) in [6.45, 7) is -0.541. The highest BCUT2D eigenvalue weighted by Crippen LogP contribution is 2.35. The number of carbonyl (C=O) groups is 1. The number of rotatable bonds is 8. The number of ether oxygens (including phenoxy) is 1. The summed E-state index contributed by atoms with van der Waals surface area (Å²) in [5.41, 5.74) is -0.651. The highest BCUT2D eigenvalue weighted by Gasteiger charge is 2.43. The van der Waals surface area contributed by atoms with E-state index in [1.807, 2.05) is 0 Å². The Hall–Kier alpha value is -3.45. The van der Waals surface area contributed by atoms with Crippen molar-refractivity contribution in [3.63, 3.8) is 0 Å². The number of sulfonamides is 1. The number of methoxy groups -OCH3 is 1. The zero-order valence-corrected chi connectivity index (χ0v) is 21.2. The normalized spacial score (nSPS) is 18.3. The van der Waals surface area contributed by atoms with Crippen LogP contribution in [0.15, 0.2) is 59.5 Å². The number of aromatic nitrogens is 1. The molecule has 1 aromatic heterocycles. The van der Waals surface area contributed by atoms with Crippen molar-refractivity contribution in [2.24, 2.45) is 0 Å². The molecule has 0 unspecified atom stereocenters. The second kappa shape index (κ2) is 11.0. The molecule has 1 fully saturated rings. The minimum Gasteiger partial charge on any atom is -0.481 e. The summed E-state index contributed by atoms with van der Waals surface area (Å²) in [5, 5.41) is 0. The van der Waals surface area contributed by atoms with Crippen LogP contribution in [0.3, 0.4) is 0 Å². The van der Waals surface area contributed by atoms with Gasteiger partial charge in [0.2, 0.25) is 15.9 Å². The summed E-state index contributed by atoms with van der Waals surface area (Å²) in [4.78, 5) is 16.2. The van der Waals surface area contributed by atoms with Crippen LogP contribution in [-0.4, -0.2) is 49.4 Å². The van der Waals surface area contributed by atoms with Gasteiger partial charge in [0.15, 0.2) is 5.78 Å². The Morgan fingerprint density at radius 3 is 2.38 bits per heavy atom. The van der Waals surface area contributed by atoms with Crippen molar-refractivity contribution in [3.05, 3.63) is 77.5 Å². The Bertz CT molecular complexity index is 1480. The average molecular weight is 573 g/mol. The van der Waals surface area contributed by atoms with Crippen LogP contribution >= 0.6 is 0 Å². The van der Waals surface area contributed by atoms with E-state index in [-0.39, 0.29) is 41.2 Å². The molecule has 208 valence electrons. The molecule has 0 saturated carbocycles. The molecule has 1 aliphatic rings. The standard InChI is InChI=1S/C26H22F6N2O4S/c1-38-25-21(7-9-24(33-25)26(30,31)32)16-10-15(11-18(28)12-16)2-8-23(35)22-13-19(29)14-34(22)39(36,37)20-5-3-17(27)4-6-20/h3-7,9-12,19,22H,2,8,13-14H2,1H3/t19-,22+/m1/s1. The number of benzene rings is 2. The summed E-state index contributed by atoms with van der Waals surface area (Å²) in [5.74, 6) is -2.37. The Morgan fingerprint density at radius 2 is 1.74 bits per heavy atom. The molecule has 2 aromatic carbocycles. The van der Waals surface area contributed by atoms with Gasteiger partial charge in [0, 0.05) is 24.9 Å². The molecule has 2 heterocycles. The van der Waals surface area contributed by atoms with E-state index in [0.29, 0.717) is 5.56 Å². The van der Waals surface area contributed by atoms with E-state index in [0.717, 1.165) is 59.9 Å². The number of hydrogen-bond donors (Lipinski definition) is 0. The monoisotopic (exact) mass is 572 g/mol. The minimum atomic E-state index is -4.71. The highest BCUT2D eigenvalue weighted by atomic mass is 32.2. The topological polar surface area (TPSA) is 76.6 Å². The average Bonchev–Trinajstić information content (AvgIpc) is 3.29. The zero-order valence-electron chi connectivity index (χ0n) is 20.4. The Morgan fingerprint density at radius 1 is 1.05 bits per heavy atom. The van der Waals surface area contributed by atoms with E-state index in [2.05, 4.69) is 4.98 Å². The fourth-order valence-electron chi connectivity index (χ4n) is 4.41. The molecule has 0 amide bonds. The van der Waals surface area contributed by atoms with E-state index in [1.165, 1.54) is 6.07 Å². The number of hydrogen-bond acceptors (Lipinski definition) is 5. The van der Waals surface area contributed by atoms with Gasteiger partial charge < -0.3 is 4.74 Å². The van der Waals surface area contributed by atoms with Gasteiger partial charge in [-0.15, -0.1) is 0 Å². The van der Waals surface area contributed by atoms with Gasteiger partial charge in [-0.2, -0.15) is 17.5 Å². The molecule has 0 radical (unpaired) electrons. The van der Waals surface area contributed by atoms with E-state index in [1.54, 1.807) is 0 Å².